The summed E-state index contributed by atoms with van der Waals surface area (Å²) < 4.78 is 29.9. The van der Waals surface area contributed by atoms with Crippen LogP contribution in [0.3, 0.4) is 0 Å². The van der Waals surface area contributed by atoms with Gasteiger partial charge < -0.3 is 5.32 Å². The first-order chi connectivity index (χ1) is 8.02. The van der Waals surface area contributed by atoms with Crippen molar-refractivity contribution in [2.24, 2.45) is 0 Å². The number of benzene rings is 1. The van der Waals surface area contributed by atoms with Crippen LogP contribution in [-0.2, 0) is 10.1 Å². The smallest absolute Gasteiger partial charge is 0.294 e. The van der Waals surface area contributed by atoms with Gasteiger partial charge >= 0.3 is 0 Å². The van der Waals surface area contributed by atoms with Crippen molar-refractivity contribution in [2.75, 3.05) is 13.1 Å². The van der Waals surface area contributed by atoms with Crippen molar-refractivity contribution in [3.63, 3.8) is 0 Å². The van der Waals surface area contributed by atoms with E-state index in [4.69, 9.17) is 4.55 Å². The zero-order valence-electron chi connectivity index (χ0n) is 10.0. The number of piperidine rings is 1. The minimum Gasteiger partial charge on any atom is -0.317 e. The van der Waals surface area contributed by atoms with Crippen LogP contribution < -0.4 is 5.32 Å². The first-order valence-electron chi connectivity index (χ1n) is 5.75. The van der Waals surface area contributed by atoms with Crippen LogP contribution in [0.5, 0.6) is 0 Å². The summed E-state index contributed by atoms with van der Waals surface area (Å²) in [4.78, 5) is -0.0278. The first kappa shape index (κ1) is 14.2. The third kappa shape index (κ3) is 5.30. The van der Waals surface area contributed by atoms with Crippen molar-refractivity contribution < 1.29 is 13.0 Å². The largest absolute Gasteiger partial charge is 0.317 e. The average molecular weight is 257 g/mol. The number of rotatable bonds is 1. The summed E-state index contributed by atoms with van der Waals surface area (Å²) in [7, 11) is -4.03. The third-order valence-corrected chi connectivity index (χ3v) is 3.59. The molecule has 0 amide bonds. The summed E-state index contributed by atoms with van der Waals surface area (Å²) in [6, 6.07) is 6.27. The molecule has 1 fully saturated rings. The van der Waals surface area contributed by atoms with Crippen molar-refractivity contribution in [3.05, 3.63) is 29.8 Å². The van der Waals surface area contributed by atoms with Gasteiger partial charge in [-0.15, -0.1) is 0 Å². The standard InChI is InChI=1S/C7H8O3S.C5H11N/c1-6-4-2-3-5-7(6)11(8,9)10;1-2-4-6-5-3-1/h2-5H,1H3,(H,8,9,10);6H,1-5H2. The van der Waals surface area contributed by atoms with Gasteiger partial charge in [-0.3, -0.25) is 4.55 Å². The second kappa shape index (κ2) is 6.74. The average Bonchev–Trinajstić information content (AvgIpc) is 2.31. The lowest BCUT2D eigenvalue weighted by atomic mass is 10.2. The topological polar surface area (TPSA) is 66.4 Å². The summed E-state index contributed by atoms with van der Waals surface area (Å²) in [5.41, 5.74) is 0.551. The molecule has 1 aromatic rings. The lowest BCUT2D eigenvalue weighted by Crippen LogP contribution is -2.21. The Kier molecular flexibility index (Phi) is 5.61. The third-order valence-electron chi connectivity index (χ3n) is 2.58. The van der Waals surface area contributed by atoms with Gasteiger partial charge in [0.2, 0.25) is 0 Å². The van der Waals surface area contributed by atoms with Crippen LogP contribution in [0.1, 0.15) is 24.8 Å². The second-order valence-electron chi connectivity index (χ2n) is 4.05. The zero-order chi connectivity index (χ0) is 12.7. The number of aryl methyl sites for hydroxylation is 1. The molecule has 1 heterocycles. The van der Waals surface area contributed by atoms with Gasteiger partial charge in [-0.2, -0.15) is 8.42 Å². The highest BCUT2D eigenvalue weighted by Gasteiger charge is 2.10. The van der Waals surface area contributed by atoms with Crippen molar-refractivity contribution >= 4 is 10.1 Å². The van der Waals surface area contributed by atoms with E-state index >= 15 is 0 Å². The monoisotopic (exact) mass is 257 g/mol. The van der Waals surface area contributed by atoms with Crippen LogP contribution >= 0.6 is 0 Å². The molecule has 1 aliphatic rings. The predicted octanol–water partition coefficient (Wildman–Crippen LogP) is 2.00. The van der Waals surface area contributed by atoms with Gasteiger partial charge in [0.1, 0.15) is 0 Å². The molecule has 1 saturated heterocycles. The summed E-state index contributed by atoms with van der Waals surface area (Å²) >= 11 is 0. The molecule has 0 spiro atoms. The van der Waals surface area contributed by atoms with Crippen LogP contribution in [0.4, 0.5) is 0 Å². The summed E-state index contributed by atoms with van der Waals surface area (Å²) in [5.74, 6) is 0. The highest BCUT2D eigenvalue weighted by atomic mass is 32.2. The fraction of sp³-hybridized carbons (Fsp3) is 0.500. The molecule has 0 radical (unpaired) electrons. The minimum absolute atomic E-state index is 0.0278. The van der Waals surface area contributed by atoms with E-state index < -0.39 is 10.1 Å². The Morgan fingerprint density at radius 3 is 2.00 bits per heavy atom. The van der Waals surface area contributed by atoms with Crippen LogP contribution in [0, 0.1) is 6.92 Å². The van der Waals surface area contributed by atoms with Crippen molar-refractivity contribution in [1.82, 2.24) is 5.32 Å². The van der Waals surface area contributed by atoms with Gasteiger partial charge in [0, 0.05) is 0 Å². The molecule has 17 heavy (non-hydrogen) atoms. The Hall–Kier alpha value is -0.910. The Labute approximate surface area is 103 Å². The van der Waals surface area contributed by atoms with Gasteiger partial charge in [0.05, 0.1) is 4.90 Å². The van der Waals surface area contributed by atoms with E-state index in [2.05, 4.69) is 5.32 Å². The molecule has 0 saturated carbocycles. The fourth-order valence-electron chi connectivity index (χ4n) is 1.65. The highest BCUT2D eigenvalue weighted by Crippen LogP contribution is 2.12. The summed E-state index contributed by atoms with van der Waals surface area (Å²) in [6.45, 7) is 4.13. The lowest BCUT2D eigenvalue weighted by Gasteiger charge is -2.08. The molecule has 1 aliphatic heterocycles. The molecule has 0 aromatic heterocycles. The van der Waals surface area contributed by atoms with Gasteiger partial charge in [0.15, 0.2) is 0 Å². The molecule has 0 bridgehead atoms. The van der Waals surface area contributed by atoms with Gasteiger partial charge in [-0.25, -0.2) is 0 Å². The van der Waals surface area contributed by atoms with E-state index in [9.17, 15) is 8.42 Å². The zero-order valence-corrected chi connectivity index (χ0v) is 10.8. The molecule has 0 aliphatic carbocycles. The maximum atomic E-state index is 10.6. The Bertz CT molecular complexity index is 427. The van der Waals surface area contributed by atoms with Crippen LogP contribution in [0.15, 0.2) is 29.2 Å². The molecular weight excluding hydrogens is 238 g/mol. The molecule has 0 atom stereocenters. The van der Waals surface area contributed by atoms with Crippen molar-refractivity contribution in [3.8, 4) is 0 Å². The predicted molar refractivity (Wildman–Crippen MR) is 67.7 cm³/mol. The molecule has 1 aromatic carbocycles. The highest BCUT2D eigenvalue weighted by molar-refractivity contribution is 7.85. The molecule has 2 rings (SSSR count). The molecule has 2 N–H and O–H groups in total. The molecule has 5 heteroatoms. The minimum atomic E-state index is -4.03. The number of hydrogen-bond acceptors (Lipinski definition) is 3. The van der Waals surface area contributed by atoms with Crippen LogP contribution in [0.25, 0.3) is 0 Å². The quantitative estimate of drug-likeness (QED) is 0.755. The van der Waals surface area contributed by atoms with E-state index in [1.807, 2.05) is 0 Å². The molecule has 0 unspecified atom stereocenters. The molecular formula is C12H19NO3S. The number of hydrogen-bond donors (Lipinski definition) is 2. The van der Waals surface area contributed by atoms with E-state index in [-0.39, 0.29) is 4.90 Å². The van der Waals surface area contributed by atoms with Crippen molar-refractivity contribution in [1.29, 1.82) is 0 Å². The van der Waals surface area contributed by atoms with Gasteiger partial charge in [-0.1, -0.05) is 24.6 Å². The van der Waals surface area contributed by atoms with Crippen molar-refractivity contribution in [2.45, 2.75) is 31.1 Å². The molecule has 96 valence electrons. The van der Waals surface area contributed by atoms with Gasteiger partial charge in [0.25, 0.3) is 10.1 Å². The Morgan fingerprint density at radius 2 is 1.71 bits per heavy atom. The fourth-order valence-corrected chi connectivity index (χ4v) is 2.37. The second-order valence-corrected chi connectivity index (χ2v) is 5.44. The summed E-state index contributed by atoms with van der Waals surface area (Å²) in [6.07, 6.45) is 4.22. The van der Waals surface area contributed by atoms with E-state index in [1.165, 1.54) is 38.4 Å². The molecule has 4 nitrogen and oxygen atoms in total. The van der Waals surface area contributed by atoms with Gasteiger partial charge in [-0.05, 0) is 44.5 Å². The van der Waals surface area contributed by atoms with E-state index in [0.29, 0.717) is 5.56 Å². The first-order valence-corrected chi connectivity index (χ1v) is 7.19. The Morgan fingerprint density at radius 1 is 1.12 bits per heavy atom. The maximum Gasteiger partial charge on any atom is 0.294 e. The summed E-state index contributed by atoms with van der Waals surface area (Å²) in [5, 5.41) is 3.28. The van der Waals surface area contributed by atoms with E-state index in [1.54, 1.807) is 25.1 Å². The lowest BCUT2D eigenvalue weighted by molar-refractivity contribution is 0.482. The normalized spacial score (nSPS) is 15.9. The van der Waals surface area contributed by atoms with E-state index in [0.717, 1.165) is 0 Å². The SMILES string of the molecule is C1CCNCC1.Cc1ccccc1S(=O)(=O)O. The van der Waals surface area contributed by atoms with Crippen LogP contribution in [0.2, 0.25) is 0 Å². The Balaban J connectivity index is 0.000000202. The maximum absolute atomic E-state index is 10.6. The number of nitrogens with one attached hydrogen (secondary N) is 1. The van der Waals surface area contributed by atoms with Crippen LogP contribution in [-0.4, -0.2) is 26.1 Å².